The topological polar surface area (TPSA) is 107 Å². The fraction of sp³-hybridized carbons (Fsp3) is 0.833. The summed E-state index contributed by atoms with van der Waals surface area (Å²) in [6, 6.07) is 0. The minimum absolute atomic E-state index is 0.225. The van der Waals surface area contributed by atoms with Crippen LogP contribution in [-0.4, -0.2) is 56.9 Å². The highest BCUT2D eigenvalue weighted by Crippen LogP contribution is 2.25. The molecule has 0 aromatic heterocycles. The third kappa shape index (κ3) is 8.24. The van der Waals surface area contributed by atoms with Crippen molar-refractivity contribution in [3.63, 3.8) is 0 Å². The molecular weight excluding hydrogens is 312 g/mol. The Hall–Kier alpha value is -0.950. The van der Waals surface area contributed by atoms with E-state index in [4.69, 9.17) is 9.84 Å². The summed E-state index contributed by atoms with van der Waals surface area (Å²) in [6.07, 6.45) is 7.04. The number of aliphatic carboxylic acids is 1. The molecule has 0 radical (unpaired) electrons. The molecule has 0 aromatic rings. The van der Waals surface area contributed by atoms with Gasteiger partial charge in [-0.15, -0.1) is 0 Å². The van der Waals surface area contributed by atoms with Crippen molar-refractivity contribution in [1.29, 1.82) is 0 Å². The summed E-state index contributed by atoms with van der Waals surface area (Å²) in [5, 5.41) is 38.2. The molecule has 24 heavy (non-hydrogen) atoms. The van der Waals surface area contributed by atoms with E-state index in [2.05, 4.69) is 0 Å². The zero-order chi connectivity index (χ0) is 17.9. The van der Waals surface area contributed by atoms with Gasteiger partial charge in [0.1, 0.15) is 6.10 Å². The van der Waals surface area contributed by atoms with E-state index in [1.807, 2.05) is 6.92 Å². The fourth-order valence-electron chi connectivity index (χ4n) is 2.90. The predicted molar refractivity (Wildman–Crippen MR) is 90.7 cm³/mol. The Morgan fingerprint density at radius 1 is 1.21 bits per heavy atom. The predicted octanol–water partition coefficient (Wildman–Crippen LogP) is 2.01. The summed E-state index contributed by atoms with van der Waals surface area (Å²) in [7, 11) is 0. The second-order valence-corrected chi connectivity index (χ2v) is 6.57. The van der Waals surface area contributed by atoms with Crippen LogP contribution in [0.2, 0.25) is 0 Å². The second kappa shape index (κ2) is 11.6. The van der Waals surface area contributed by atoms with Gasteiger partial charge in [-0.25, -0.2) is 0 Å². The van der Waals surface area contributed by atoms with Crippen LogP contribution in [0.1, 0.15) is 64.7 Å². The summed E-state index contributed by atoms with van der Waals surface area (Å²) in [5.74, 6) is -0.749. The number of carboxylic acid groups (broad SMARTS) is 1. The Morgan fingerprint density at radius 3 is 2.54 bits per heavy atom. The maximum atomic E-state index is 10.4. The minimum Gasteiger partial charge on any atom is -0.481 e. The lowest BCUT2D eigenvalue weighted by molar-refractivity contribution is -0.137. The third-order valence-electron chi connectivity index (χ3n) is 4.45. The van der Waals surface area contributed by atoms with E-state index in [1.165, 1.54) is 0 Å². The largest absolute Gasteiger partial charge is 0.481 e. The van der Waals surface area contributed by atoms with Gasteiger partial charge < -0.3 is 25.2 Å². The summed E-state index contributed by atoms with van der Waals surface area (Å²) in [6.45, 7) is 1.87. The highest BCUT2D eigenvalue weighted by molar-refractivity contribution is 5.66. The van der Waals surface area contributed by atoms with Crippen molar-refractivity contribution >= 4 is 5.97 Å². The molecule has 1 aliphatic rings. The van der Waals surface area contributed by atoms with E-state index < -0.39 is 30.4 Å². The van der Waals surface area contributed by atoms with Crippen molar-refractivity contribution in [3.05, 3.63) is 12.2 Å². The Bertz CT molecular complexity index is 384. The van der Waals surface area contributed by atoms with Crippen LogP contribution in [0.5, 0.6) is 0 Å². The number of hydrogen-bond acceptors (Lipinski definition) is 5. The van der Waals surface area contributed by atoms with Crippen LogP contribution in [0.3, 0.4) is 0 Å². The Kier molecular flexibility index (Phi) is 10.2. The van der Waals surface area contributed by atoms with Crippen LogP contribution in [0, 0.1) is 0 Å². The number of aliphatic hydroxyl groups is 3. The number of ether oxygens (including phenoxy) is 1. The summed E-state index contributed by atoms with van der Waals surface area (Å²) in [5.41, 5.74) is 0. The van der Waals surface area contributed by atoms with Gasteiger partial charge in [-0.05, 0) is 19.3 Å². The monoisotopic (exact) mass is 344 g/mol. The first-order chi connectivity index (χ1) is 11.4. The van der Waals surface area contributed by atoms with Crippen LogP contribution in [0.4, 0.5) is 0 Å². The third-order valence-corrected chi connectivity index (χ3v) is 4.45. The molecule has 5 atom stereocenters. The molecule has 4 N–H and O–H groups in total. The van der Waals surface area contributed by atoms with E-state index in [9.17, 15) is 20.1 Å². The summed E-state index contributed by atoms with van der Waals surface area (Å²) >= 11 is 0. The maximum Gasteiger partial charge on any atom is 0.303 e. The number of aliphatic hydroxyl groups excluding tert-OH is 3. The minimum atomic E-state index is -0.749. The average molecular weight is 344 g/mol. The van der Waals surface area contributed by atoms with E-state index in [0.29, 0.717) is 25.7 Å². The van der Waals surface area contributed by atoms with E-state index in [0.717, 1.165) is 25.7 Å². The molecule has 0 amide bonds. The highest BCUT2D eigenvalue weighted by atomic mass is 16.5. The van der Waals surface area contributed by atoms with Gasteiger partial charge in [0.2, 0.25) is 0 Å². The molecule has 6 heteroatoms. The van der Waals surface area contributed by atoms with Gasteiger partial charge in [0, 0.05) is 12.8 Å². The van der Waals surface area contributed by atoms with Crippen molar-refractivity contribution in [2.24, 2.45) is 0 Å². The van der Waals surface area contributed by atoms with Gasteiger partial charge in [0.05, 0.1) is 24.4 Å². The molecule has 140 valence electrons. The molecule has 1 fully saturated rings. The van der Waals surface area contributed by atoms with Gasteiger partial charge in [0.15, 0.2) is 0 Å². The van der Waals surface area contributed by atoms with Crippen LogP contribution >= 0.6 is 0 Å². The van der Waals surface area contributed by atoms with Crippen molar-refractivity contribution in [2.45, 2.75) is 95.2 Å². The molecule has 6 nitrogen and oxygen atoms in total. The van der Waals surface area contributed by atoms with Gasteiger partial charge in [-0.1, -0.05) is 44.8 Å². The molecule has 0 aromatic carbocycles. The van der Waals surface area contributed by atoms with Gasteiger partial charge in [-0.3, -0.25) is 4.79 Å². The smallest absolute Gasteiger partial charge is 0.303 e. The van der Waals surface area contributed by atoms with Crippen LogP contribution in [0.25, 0.3) is 0 Å². The normalized spacial score (nSPS) is 26.8. The zero-order valence-electron chi connectivity index (χ0n) is 14.5. The standard InChI is InChI=1S/C18H32O6/c1-2-14(20)17-12-15(21)16(24-17)11-10-13(19)8-6-4-3-5-7-9-18(22)23/h10-11,13-17,19-21H,2-9,12H2,1H3,(H,22,23)/b11-10+/t13-,14-,15-,16-,17+/m0/s1. The maximum absolute atomic E-state index is 10.4. The number of hydrogen-bond donors (Lipinski definition) is 4. The van der Waals surface area contributed by atoms with Crippen molar-refractivity contribution in [2.75, 3.05) is 0 Å². The lowest BCUT2D eigenvalue weighted by atomic mass is 10.0. The zero-order valence-corrected chi connectivity index (χ0v) is 14.5. The molecule has 0 aliphatic carbocycles. The molecule has 1 heterocycles. The lowest BCUT2D eigenvalue weighted by Crippen LogP contribution is -2.25. The van der Waals surface area contributed by atoms with Crippen LogP contribution in [-0.2, 0) is 9.53 Å². The first kappa shape index (κ1) is 21.1. The number of carboxylic acids is 1. The molecule has 0 spiro atoms. The number of carbonyl (C=O) groups is 1. The molecule has 0 saturated carbocycles. The number of unbranched alkanes of at least 4 members (excludes halogenated alkanes) is 4. The van der Waals surface area contributed by atoms with Crippen molar-refractivity contribution in [3.8, 4) is 0 Å². The van der Waals surface area contributed by atoms with Crippen molar-refractivity contribution in [1.82, 2.24) is 0 Å². The van der Waals surface area contributed by atoms with Crippen LogP contribution < -0.4 is 0 Å². The Morgan fingerprint density at radius 2 is 1.88 bits per heavy atom. The van der Waals surface area contributed by atoms with E-state index in [-0.39, 0.29) is 12.5 Å². The first-order valence-corrected chi connectivity index (χ1v) is 9.03. The quantitative estimate of drug-likeness (QED) is 0.319. The fourth-order valence-corrected chi connectivity index (χ4v) is 2.90. The Balaban J connectivity index is 2.15. The highest BCUT2D eigenvalue weighted by Gasteiger charge is 2.35. The molecule has 0 unspecified atom stereocenters. The Labute approximate surface area is 144 Å². The summed E-state index contributed by atoms with van der Waals surface area (Å²) < 4.78 is 5.62. The molecule has 1 aliphatic heterocycles. The van der Waals surface area contributed by atoms with Gasteiger partial charge in [-0.2, -0.15) is 0 Å². The molecular formula is C18H32O6. The molecule has 1 saturated heterocycles. The van der Waals surface area contributed by atoms with E-state index >= 15 is 0 Å². The molecule has 0 bridgehead atoms. The van der Waals surface area contributed by atoms with Crippen molar-refractivity contribution < 1.29 is 30.0 Å². The first-order valence-electron chi connectivity index (χ1n) is 9.03. The SMILES string of the molecule is CC[C@H](O)[C@H]1C[C@H](O)[C@H](/C=C/[C@@H](O)CCCCCCCC(=O)O)O1. The van der Waals surface area contributed by atoms with Gasteiger partial charge in [0.25, 0.3) is 0 Å². The average Bonchev–Trinajstić information content (AvgIpc) is 2.92. The summed E-state index contributed by atoms with van der Waals surface area (Å²) in [4.78, 5) is 10.4. The van der Waals surface area contributed by atoms with E-state index in [1.54, 1.807) is 12.2 Å². The van der Waals surface area contributed by atoms with Gasteiger partial charge >= 0.3 is 5.97 Å². The lowest BCUT2D eigenvalue weighted by Gasteiger charge is -2.16. The number of rotatable bonds is 12. The van der Waals surface area contributed by atoms with Crippen LogP contribution in [0.15, 0.2) is 12.2 Å². The second-order valence-electron chi connectivity index (χ2n) is 6.57. The molecule has 1 rings (SSSR count).